The number of fused-ring (bicyclic) bond motifs is 3. The van der Waals surface area contributed by atoms with Gasteiger partial charge in [-0.2, -0.15) is 0 Å². The topological polar surface area (TPSA) is 51.8 Å². The van der Waals surface area contributed by atoms with Crippen LogP contribution >= 0.6 is 0 Å². The molecule has 0 unspecified atom stereocenters. The van der Waals surface area contributed by atoms with E-state index in [4.69, 9.17) is 5.73 Å². The van der Waals surface area contributed by atoms with Gasteiger partial charge >= 0.3 is 0 Å². The van der Waals surface area contributed by atoms with Crippen LogP contribution in [0.15, 0.2) is 60.8 Å². The Morgan fingerprint density at radius 1 is 0.893 bits per heavy atom. The highest BCUT2D eigenvalue weighted by Crippen LogP contribution is 2.34. The van der Waals surface area contributed by atoms with Crippen LogP contribution < -0.4 is 5.73 Å². The van der Waals surface area contributed by atoms with E-state index >= 15 is 0 Å². The normalized spacial score (nSPS) is 14.0. The van der Waals surface area contributed by atoms with E-state index in [1.54, 1.807) is 0 Å². The summed E-state index contributed by atoms with van der Waals surface area (Å²) in [5.41, 5.74) is 12.1. The molecule has 1 aliphatic carbocycles. The summed E-state index contributed by atoms with van der Waals surface area (Å²) in [4.78, 5) is 9.23. The Morgan fingerprint density at radius 2 is 1.75 bits per heavy atom. The zero-order valence-electron chi connectivity index (χ0n) is 16.1. The fraction of sp³-hybridized carbons (Fsp3) is 0.280. The van der Waals surface area contributed by atoms with Crippen molar-refractivity contribution in [1.82, 2.24) is 9.97 Å². The van der Waals surface area contributed by atoms with Gasteiger partial charge in [0.25, 0.3) is 0 Å². The van der Waals surface area contributed by atoms with Crippen LogP contribution in [0.1, 0.15) is 36.0 Å². The van der Waals surface area contributed by atoms with E-state index in [1.807, 2.05) is 6.20 Å². The first kappa shape index (κ1) is 17.2. The molecule has 1 saturated carbocycles. The number of hydrogen-bond donors (Lipinski definition) is 1. The highest BCUT2D eigenvalue weighted by molar-refractivity contribution is 6.09. The highest BCUT2D eigenvalue weighted by Gasteiger charge is 2.20. The first-order valence-corrected chi connectivity index (χ1v) is 10.3. The average Bonchev–Trinajstić information content (AvgIpc) is 3.56. The van der Waals surface area contributed by atoms with Gasteiger partial charge in [0.2, 0.25) is 0 Å². The molecular weight excluding hydrogens is 342 g/mol. The molecule has 0 aliphatic heterocycles. The molecule has 2 aromatic heterocycles. The molecule has 0 radical (unpaired) electrons. The number of hydrogen-bond acceptors (Lipinski definition) is 3. The van der Waals surface area contributed by atoms with Crippen molar-refractivity contribution >= 4 is 27.6 Å². The number of benzene rings is 2. The lowest BCUT2D eigenvalue weighted by Crippen LogP contribution is -2.00. The molecule has 0 amide bonds. The van der Waals surface area contributed by atoms with E-state index in [9.17, 15) is 0 Å². The fourth-order valence-electron chi connectivity index (χ4n) is 4.13. The smallest absolute Gasteiger partial charge is 0.150 e. The number of pyridine rings is 2. The van der Waals surface area contributed by atoms with E-state index in [0.29, 0.717) is 5.82 Å². The molecule has 3 heteroatoms. The molecule has 2 aromatic carbocycles. The Hall–Kier alpha value is -2.94. The Morgan fingerprint density at radius 3 is 2.57 bits per heavy atom. The Kier molecular flexibility index (Phi) is 4.44. The standard InChI is InChI=1S/C25H25N3/c26-25-24-23(20(14-15-27-24)12-10-17-4-2-1-3-5-17)21-13-11-19(16-22(21)28-25)9-8-18-6-7-18/h1-5,11,13-16,18H,6-10,12H2,(H2,26,28). The lowest BCUT2D eigenvalue weighted by molar-refractivity contribution is 0.727. The molecule has 0 saturated heterocycles. The van der Waals surface area contributed by atoms with E-state index < -0.39 is 0 Å². The van der Waals surface area contributed by atoms with Crippen molar-refractivity contribution in [3.05, 3.63) is 77.5 Å². The molecular formula is C25H25N3. The van der Waals surface area contributed by atoms with Gasteiger partial charge < -0.3 is 5.73 Å². The van der Waals surface area contributed by atoms with Crippen molar-refractivity contribution in [1.29, 1.82) is 0 Å². The summed E-state index contributed by atoms with van der Waals surface area (Å²) in [6.07, 6.45) is 9.05. The summed E-state index contributed by atoms with van der Waals surface area (Å²) in [7, 11) is 0. The number of aromatic nitrogens is 2. The van der Waals surface area contributed by atoms with Crippen molar-refractivity contribution in [2.75, 3.05) is 5.73 Å². The number of aryl methyl sites for hydroxylation is 3. The number of nitrogen functional groups attached to an aromatic ring is 1. The van der Waals surface area contributed by atoms with Crippen LogP contribution in [0.2, 0.25) is 0 Å². The fourth-order valence-corrected chi connectivity index (χ4v) is 4.13. The van der Waals surface area contributed by atoms with E-state index in [1.165, 1.54) is 36.0 Å². The second-order valence-electron chi connectivity index (χ2n) is 8.01. The molecule has 0 bridgehead atoms. The van der Waals surface area contributed by atoms with Crippen LogP contribution in [-0.2, 0) is 19.3 Å². The summed E-state index contributed by atoms with van der Waals surface area (Å²) in [5.74, 6) is 1.47. The van der Waals surface area contributed by atoms with Crippen LogP contribution in [0.4, 0.5) is 5.82 Å². The molecule has 0 atom stereocenters. The maximum absolute atomic E-state index is 6.31. The van der Waals surface area contributed by atoms with Gasteiger partial charge in [-0.1, -0.05) is 55.3 Å². The molecule has 140 valence electrons. The number of rotatable bonds is 6. The second kappa shape index (κ2) is 7.23. The molecule has 1 aliphatic rings. The van der Waals surface area contributed by atoms with Crippen LogP contribution in [0.25, 0.3) is 21.8 Å². The number of nitrogens with two attached hydrogens (primary N) is 1. The molecule has 2 N–H and O–H groups in total. The summed E-state index contributed by atoms with van der Waals surface area (Å²) < 4.78 is 0. The largest absolute Gasteiger partial charge is 0.382 e. The molecule has 3 nitrogen and oxygen atoms in total. The zero-order valence-corrected chi connectivity index (χ0v) is 16.1. The molecule has 2 heterocycles. The summed E-state index contributed by atoms with van der Waals surface area (Å²) in [6, 6.07) is 19.5. The maximum Gasteiger partial charge on any atom is 0.150 e. The van der Waals surface area contributed by atoms with E-state index in [2.05, 4.69) is 64.6 Å². The monoisotopic (exact) mass is 367 g/mol. The Labute approximate surface area is 165 Å². The molecule has 0 spiro atoms. The highest BCUT2D eigenvalue weighted by atomic mass is 14.9. The van der Waals surface area contributed by atoms with Gasteiger partial charge in [-0.15, -0.1) is 0 Å². The molecule has 1 fully saturated rings. The first-order chi connectivity index (χ1) is 13.8. The quantitative estimate of drug-likeness (QED) is 0.458. The Bertz CT molecular complexity index is 1130. The van der Waals surface area contributed by atoms with Crippen LogP contribution in [-0.4, -0.2) is 9.97 Å². The van der Waals surface area contributed by atoms with Crippen molar-refractivity contribution in [2.24, 2.45) is 5.92 Å². The summed E-state index contributed by atoms with van der Waals surface area (Å²) in [5, 5.41) is 2.32. The summed E-state index contributed by atoms with van der Waals surface area (Å²) in [6.45, 7) is 0. The van der Waals surface area contributed by atoms with Gasteiger partial charge in [0.05, 0.1) is 5.52 Å². The summed E-state index contributed by atoms with van der Waals surface area (Å²) >= 11 is 0. The van der Waals surface area contributed by atoms with Crippen molar-refractivity contribution < 1.29 is 0 Å². The van der Waals surface area contributed by atoms with Gasteiger partial charge in [0.1, 0.15) is 5.52 Å². The molecule has 5 rings (SSSR count). The van der Waals surface area contributed by atoms with Crippen molar-refractivity contribution in [2.45, 2.75) is 38.5 Å². The van der Waals surface area contributed by atoms with Gasteiger partial charge in [-0.3, -0.25) is 4.98 Å². The van der Waals surface area contributed by atoms with Gasteiger partial charge in [-0.25, -0.2) is 4.98 Å². The maximum atomic E-state index is 6.31. The van der Waals surface area contributed by atoms with Crippen LogP contribution in [0.5, 0.6) is 0 Å². The van der Waals surface area contributed by atoms with Gasteiger partial charge in [0, 0.05) is 17.0 Å². The van der Waals surface area contributed by atoms with Gasteiger partial charge in [-0.05, 0) is 60.4 Å². The molecule has 28 heavy (non-hydrogen) atoms. The predicted octanol–water partition coefficient (Wildman–Crippen LogP) is 5.49. The van der Waals surface area contributed by atoms with Crippen LogP contribution in [0.3, 0.4) is 0 Å². The third-order valence-corrected chi connectivity index (χ3v) is 5.92. The second-order valence-corrected chi connectivity index (χ2v) is 8.01. The predicted molar refractivity (Wildman–Crippen MR) is 116 cm³/mol. The Balaban J connectivity index is 1.54. The third-order valence-electron chi connectivity index (χ3n) is 5.92. The van der Waals surface area contributed by atoms with Crippen molar-refractivity contribution in [3.8, 4) is 0 Å². The lowest BCUT2D eigenvalue weighted by atomic mass is 9.97. The van der Waals surface area contributed by atoms with E-state index in [0.717, 1.165) is 47.0 Å². The minimum Gasteiger partial charge on any atom is -0.382 e. The third kappa shape index (κ3) is 3.45. The molecule has 4 aromatic rings. The first-order valence-electron chi connectivity index (χ1n) is 10.3. The average molecular weight is 367 g/mol. The number of nitrogens with zero attached hydrogens (tertiary/aromatic N) is 2. The lowest BCUT2D eigenvalue weighted by Gasteiger charge is -2.12. The van der Waals surface area contributed by atoms with E-state index in [-0.39, 0.29) is 0 Å². The minimum atomic E-state index is 0.531. The van der Waals surface area contributed by atoms with Crippen molar-refractivity contribution in [3.63, 3.8) is 0 Å². The number of anilines is 1. The van der Waals surface area contributed by atoms with Crippen LogP contribution in [0, 0.1) is 5.92 Å². The zero-order chi connectivity index (χ0) is 18.9. The van der Waals surface area contributed by atoms with Gasteiger partial charge in [0.15, 0.2) is 5.82 Å². The SMILES string of the molecule is Nc1nc2cc(CCC3CC3)ccc2c2c(CCc3ccccc3)ccnc12. The minimum absolute atomic E-state index is 0.531.